The number of nitrogens with two attached hydrogens (primary N) is 1. The summed E-state index contributed by atoms with van der Waals surface area (Å²) >= 11 is 4.90. The van der Waals surface area contributed by atoms with Crippen molar-refractivity contribution >= 4 is 28.9 Å². The van der Waals surface area contributed by atoms with E-state index < -0.39 is 0 Å². The lowest BCUT2D eigenvalue weighted by molar-refractivity contribution is -0.120. The van der Waals surface area contributed by atoms with Crippen LogP contribution in [0, 0.1) is 0 Å². The molecular formula is C11H17N5OS. The largest absolute Gasteiger partial charge is 0.388 e. The van der Waals surface area contributed by atoms with Gasteiger partial charge in [-0.05, 0) is 13.8 Å². The van der Waals surface area contributed by atoms with E-state index in [-0.39, 0.29) is 23.5 Å². The number of carbonyl (C=O) groups excluding carboxylic acids is 1. The Morgan fingerprint density at radius 2 is 2.11 bits per heavy atom. The predicted molar refractivity (Wildman–Crippen MR) is 74.5 cm³/mol. The Balaban J connectivity index is 2.81. The molecule has 18 heavy (non-hydrogen) atoms. The fourth-order valence-electron chi connectivity index (χ4n) is 1.44. The highest BCUT2D eigenvalue weighted by atomic mass is 32.1. The first kappa shape index (κ1) is 14.3. The molecule has 1 heterocycles. The van der Waals surface area contributed by atoms with Gasteiger partial charge in [0.25, 0.3) is 0 Å². The number of thiocarbonyl (C=S) groups is 1. The van der Waals surface area contributed by atoms with Crippen LogP contribution in [0.25, 0.3) is 0 Å². The van der Waals surface area contributed by atoms with Crippen molar-refractivity contribution in [2.24, 2.45) is 5.73 Å². The molecule has 1 aromatic heterocycles. The molecular weight excluding hydrogens is 250 g/mol. The highest BCUT2D eigenvalue weighted by Gasteiger charge is 2.15. The maximum Gasteiger partial charge on any atom is 0.239 e. The second-order valence-electron chi connectivity index (χ2n) is 4.17. The fraction of sp³-hybridized carbons (Fsp3) is 0.455. The first-order valence-corrected chi connectivity index (χ1v) is 5.94. The van der Waals surface area contributed by atoms with Crippen LogP contribution in [0.1, 0.15) is 19.5 Å². The van der Waals surface area contributed by atoms with E-state index in [9.17, 15) is 4.79 Å². The van der Waals surface area contributed by atoms with Gasteiger partial charge in [-0.15, -0.1) is 0 Å². The molecule has 0 aliphatic carbocycles. The summed E-state index contributed by atoms with van der Waals surface area (Å²) in [5.74, 6) is 0.413. The Kier molecular flexibility index (Phi) is 4.96. The third-order valence-electron chi connectivity index (χ3n) is 2.10. The molecule has 0 fully saturated rings. The predicted octanol–water partition coefficient (Wildman–Crippen LogP) is 0.0716. The molecule has 1 aromatic rings. The van der Waals surface area contributed by atoms with Crippen LogP contribution >= 0.6 is 12.2 Å². The van der Waals surface area contributed by atoms with E-state index in [2.05, 4.69) is 15.3 Å². The normalized spacial score (nSPS) is 10.2. The van der Waals surface area contributed by atoms with Crippen LogP contribution in [0.3, 0.4) is 0 Å². The zero-order chi connectivity index (χ0) is 13.7. The van der Waals surface area contributed by atoms with Crippen molar-refractivity contribution in [3.8, 4) is 0 Å². The third-order valence-corrected chi connectivity index (χ3v) is 2.30. The van der Waals surface area contributed by atoms with Gasteiger partial charge < -0.3 is 16.0 Å². The van der Waals surface area contributed by atoms with Crippen LogP contribution in [0.5, 0.6) is 0 Å². The van der Waals surface area contributed by atoms with E-state index in [4.69, 9.17) is 18.0 Å². The van der Waals surface area contributed by atoms with Crippen molar-refractivity contribution in [1.29, 1.82) is 0 Å². The summed E-state index contributed by atoms with van der Waals surface area (Å²) in [5, 5.41) is 2.80. The molecule has 0 radical (unpaired) electrons. The molecule has 1 rings (SSSR count). The van der Waals surface area contributed by atoms with Gasteiger partial charge in [0.15, 0.2) is 5.82 Å². The number of anilines is 1. The molecule has 0 aromatic carbocycles. The minimum absolute atomic E-state index is 0.0907. The summed E-state index contributed by atoms with van der Waals surface area (Å²) in [6.45, 7) is 3.98. The summed E-state index contributed by atoms with van der Waals surface area (Å²) in [6, 6.07) is 0.0998. The number of hydrogen-bond acceptors (Lipinski definition) is 5. The van der Waals surface area contributed by atoms with Crippen molar-refractivity contribution in [2.75, 3.05) is 18.5 Å². The molecule has 3 N–H and O–H groups in total. The summed E-state index contributed by atoms with van der Waals surface area (Å²) < 4.78 is 0. The number of carbonyl (C=O) groups is 1. The lowest BCUT2D eigenvalue weighted by atomic mass is 10.3. The van der Waals surface area contributed by atoms with Crippen molar-refractivity contribution in [3.63, 3.8) is 0 Å². The number of aromatic nitrogens is 2. The molecule has 6 nitrogen and oxygen atoms in total. The average molecular weight is 267 g/mol. The highest BCUT2D eigenvalue weighted by molar-refractivity contribution is 7.80. The van der Waals surface area contributed by atoms with E-state index in [0.29, 0.717) is 11.5 Å². The summed E-state index contributed by atoms with van der Waals surface area (Å²) in [4.78, 5) is 21.7. The number of nitrogens with zero attached hydrogens (tertiary/aromatic N) is 3. The van der Waals surface area contributed by atoms with Crippen LogP contribution in [0.2, 0.25) is 0 Å². The fourth-order valence-corrected chi connectivity index (χ4v) is 1.59. The smallest absolute Gasteiger partial charge is 0.239 e. The summed E-state index contributed by atoms with van der Waals surface area (Å²) in [6.07, 6.45) is 3.05. The van der Waals surface area contributed by atoms with Crippen molar-refractivity contribution < 1.29 is 4.79 Å². The molecule has 0 spiro atoms. The first-order chi connectivity index (χ1) is 8.41. The van der Waals surface area contributed by atoms with Gasteiger partial charge in [-0.1, -0.05) is 12.2 Å². The van der Waals surface area contributed by atoms with Gasteiger partial charge in [0.05, 0.1) is 6.54 Å². The average Bonchev–Trinajstić information content (AvgIpc) is 2.27. The number of nitrogens with one attached hydrogen (secondary N) is 1. The van der Waals surface area contributed by atoms with E-state index in [1.807, 2.05) is 13.8 Å². The Bertz CT molecular complexity index is 449. The van der Waals surface area contributed by atoms with E-state index >= 15 is 0 Å². The zero-order valence-electron chi connectivity index (χ0n) is 10.7. The number of rotatable bonds is 5. The number of hydrogen-bond donors (Lipinski definition) is 2. The lowest BCUT2D eigenvalue weighted by Crippen LogP contribution is -2.39. The third kappa shape index (κ3) is 3.92. The maximum absolute atomic E-state index is 11.7. The maximum atomic E-state index is 11.7. The van der Waals surface area contributed by atoms with E-state index in [0.717, 1.165) is 0 Å². The molecule has 0 saturated heterocycles. The summed E-state index contributed by atoms with van der Waals surface area (Å²) in [5.41, 5.74) is 5.99. The highest BCUT2D eigenvalue weighted by Crippen LogP contribution is 2.12. The van der Waals surface area contributed by atoms with Gasteiger partial charge in [0.1, 0.15) is 10.7 Å². The van der Waals surface area contributed by atoms with Gasteiger partial charge in [-0.2, -0.15) is 0 Å². The molecule has 0 atom stereocenters. The standard InChI is InChI=1S/C11H17N5OS/c1-7(2)15-8(17)6-16(3)11-9(10(12)18)13-4-5-14-11/h4-5,7H,6H2,1-3H3,(H2,12,18)(H,15,17). The minimum Gasteiger partial charge on any atom is -0.388 e. The molecule has 0 aliphatic heterocycles. The van der Waals surface area contributed by atoms with Crippen molar-refractivity contribution in [2.45, 2.75) is 19.9 Å². The Morgan fingerprint density at radius 3 is 2.67 bits per heavy atom. The van der Waals surface area contributed by atoms with Gasteiger partial charge in [-0.3, -0.25) is 4.79 Å². The number of likely N-dealkylation sites (N-methyl/N-ethyl adjacent to an activating group) is 1. The molecule has 0 unspecified atom stereocenters. The van der Waals surface area contributed by atoms with Crippen molar-refractivity contribution in [3.05, 3.63) is 18.1 Å². The van der Waals surface area contributed by atoms with Crippen LogP contribution < -0.4 is 16.0 Å². The first-order valence-electron chi connectivity index (χ1n) is 5.53. The van der Waals surface area contributed by atoms with Gasteiger partial charge >= 0.3 is 0 Å². The van der Waals surface area contributed by atoms with Crippen LogP contribution in [-0.4, -0.2) is 40.5 Å². The monoisotopic (exact) mass is 267 g/mol. The molecule has 0 aliphatic rings. The Morgan fingerprint density at radius 1 is 1.50 bits per heavy atom. The molecule has 1 amide bonds. The quantitative estimate of drug-likeness (QED) is 0.735. The lowest BCUT2D eigenvalue weighted by Gasteiger charge is -2.20. The SMILES string of the molecule is CC(C)NC(=O)CN(C)c1nccnc1C(N)=S. The topological polar surface area (TPSA) is 84.1 Å². The van der Waals surface area contributed by atoms with Gasteiger partial charge in [0, 0.05) is 25.5 Å². The van der Waals surface area contributed by atoms with Crippen molar-refractivity contribution in [1.82, 2.24) is 15.3 Å². The second-order valence-corrected chi connectivity index (χ2v) is 4.61. The van der Waals surface area contributed by atoms with Gasteiger partial charge in [-0.25, -0.2) is 9.97 Å². The Labute approximate surface area is 112 Å². The minimum atomic E-state index is -0.0907. The summed E-state index contributed by atoms with van der Waals surface area (Å²) in [7, 11) is 1.74. The van der Waals surface area contributed by atoms with Crippen LogP contribution in [0.15, 0.2) is 12.4 Å². The number of amides is 1. The second kappa shape index (κ2) is 6.25. The molecule has 0 bridgehead atoms. The van der Waals surface area contributed by atoms with E-state index in [1.54, 1.807) is 11.9 Å². The van der Waals surface area contributed by atoms with Gasteiger partial charge in [0.2, 0.25) is 5.91 Å². The van der Waals surface area contributed by atoms with Crippen LogP contribution in [-0.2, 0) is 4.79 Å². The Hall–Kier alpha value is -1.76. The van der Waals surface area contributed by atoms with E-state index in [1.165, 1.54) is 12.4 Å². The molecule has 98 valence electrons. The van der Waals surface area contributed by atoms with Crippen LogP contribution in [0.4, 0.5) is 5.82 Å². The molecule has 0 saturated carbocycles. The zero-order valence-corrected chi connectivity index (χ0v) is 11.5. The molecule has 7 heteroatoms.